The summed E-state index contributed by atoms with van der Waals surface area (Å²) in [4.78, 5) is 0. The molecule has 0 radical (unpaired) electrons. The maximum atomic E-state index is 6.60. The molecule has 0 bridgehead atoms. The van der Waals surface area contributed by atoms with Crippen LogP contribution in [0.4, 0.5) is 0 Å². The Kier molecular flexibility index (Phi) is 7.38. The van der Waals surface area contributed by atoms with Gasteiger partial charge in [0.1, 0.15) is 0 Å². The Balaban J connectivity index is 1.99. The van der Waals surface area contributed by atoms with Crippen LogP contribution >= 0.6 is 35.1 Å². The second-order valence-electron chi connectivity index (χ2n) is 8.80. The minimum atomic E-state index is 0.759. The van der Waals surface area contributed by atoms with Crippen LogP contribution in [0.2, 0.25) is 5.02 Å². The number of aryl methyl sites for hydroxylation is 1. The molecule has 1 aliphatic carbocycles. The summed E-state index contributed by atoms with van der Waals surface area (Å²) >= 11 is 10.3. The first-order chi connectivity index (χ1) is 17.1. The summed E-state index contributed by atoms with van der Waals surface area (Å²) in [5, 5.41) is 0.759. The van der Waals surface area contributed by atoms with Gasteiger partial charge in [0.05, 0.1) is 0 Å². The Hall–Kier alpha value is -2.46. The van der Waals surface area contributed by atoms with Gasteiger partial charge in [0, 0.05) is 43.7 Å². The third kappa shape index (κ3) is 4.70. The second-order valence-corrected chi connectivity index (χ2v) is 11.1. The fraction of sp³-hybridized carbons (Fsp3) is 0.194. The molecule has 1 aromatic heterocycles. The van der Waals surface area contributed by atoms with Crippen molar-refractivity contribution in [3.63, 3.8) is 0 Å². The second kappa shape index (κ2) is 10.7. The third-order valence-corrected chi connectivity index (χ3v) is 9.15. The fourth-order valence-electron chi connectivity index (χ4n) is 5.10. The summed E-state index contributed by atoms with van der Waals surface area (Å²) in [6.07, 6.45) is 7.69. The Bertz CT molecular complexity index is 1390. The molecule has 3 aromatic carbocycles. The van der Waals surface area contributed by atoms with Crippen LogP contribution in [0, 0.1) is 6.92 Å². The zero-order chi connectivity index (χ0) is 24.4. The minimum Gasteiger partial charge on any atom is -0.152 e. The zero-order valence-corrected chi connectivity index (χ0v) is 22.7. The molecule has 1 heterocycles. The molecule has 35 heavy (non-hydrogen) atoms. The summed E-state index contributed by atoms with van der Waals surface area (Å²) in [7, 11) is 0. The first-order valence-electron chi connectivity index (χ1n) is 11.9. The number of fused-ring (bicyclic) bond motifs is 1. The van der Waals surface area contributed by atoms with E-state index < -0.39 is 0 Å². The summed E-state index contributed by atoms with van der Waals surface area (Å²) < 4.78 is 3.88. The molecule has 0 N–H and O–H groups in total. The first kappa shape index (κ1) is 24.2. The number of hydrogen-bond donors (Lipinski definition) is 0. The van der Waals surface area contributed by atoms with E-state index in [9.17, 15) is 0 Å². The van der Waals surface area contributed by atoms with Crippen molar-refractivity contribution in [2.24, 2.45) is 0 Å². The number of thioether (sulfide) groups is 2. The molecular formula is C31H29ClNS2+. The highest BCUT2D eigenvalue weighted by Crippen LogP contribution is 2.43. The number of allylic oxidation sites excluding steroid dienone is 1. The highest BCUT2D eigenvalue weighted by atomic mass is 35.5. The third-order valence-electron chi connectivity index (χ3n) is 6.68. The van der Waals surface area contributed by atoms with Gasteiger partial charge in [0.2, 0.25) is 17.1 Å². The maximum absolute atomic E-state index is 6.60. The van der Waals surface area contributed by atoms with Gasteiger partial charge in [-0.1, -0.05) is 66.2 Å². The lowest BCUT2D eigenvalue weighted by Gasteiger charge is -2.24. The van der Waals surface area contributed by atoms with Crippen LogP contribution < -0.4 is 4.57 Å². The van der Waals surface area contributed by atoms with E-state index in [0.717, 1.165) is 30.0 Å². The van der Waals surface area contributed by atoms with Crippen molar-refractivity contribution in [3.8, 4) is 28.1 Å². The van der Waals surface area contributed by atoms with Crippen molar-refractivity contribution in [3.05, 3.63) is 111 Å². The van der Waals surface area contributed by atoms with E-state index in [-0.39, 0.29) is 0 Å². The molecule has 0 atom stereocenters. The molecule has 1 aliphatic rings. The van der Waals surface area contributed by atoms with E-state index in [1.165, 1.54) is 49.0 Å². The van der Waals surface area contributed by atoms with E-state index in [1.54, 1.807) is 0 Å². The standard InChI is InChI=1S/C31H29ClNS2/c1-21-17-18-24(32)19-28(21)33-29(23-13-8-5-9-14-23)20-27(22-11-6-4-7-12-22)25-15-10-16-26(30(25)33)31(34-2)35-3/h4-9,11-14,17-20H,10,15-16H2,1-3H3/q+1. The molecular weight excluding hydrogens is 486 g/mol. The van der Waals surface area contributed by atoms with Gasteiger partial charge < -0.3 is 0 Å². The average Bonchev–Trinajstić information content (AvgIpc) is 2.91. The van der Waals surface area contributed by atoms with Gasteiger partial charge in [-0.15, -0.1) is 23.5 Å². The topological polar surface area (TPSA) is 3.88 Å². The number of benzene rings is 3. The van der Waals surface area contributed by atoms with E-state index in [2.05, 4.69) is 103 Å². The van der Waals surface area contributed by atoms with Crippen LogP contribution in [0.3, 0.4) is 0 Å². The monoisotopic (exact) mass is 514 g/mol. The number of nitrogens with zero attached hydrogens (tertiary/aromatic N) is 1. The molecule has 0 spiro atoms. The number of rotatable bonds is 5. The molecule has 0 saturated heterocycles. The quantitative estimate of drug-likeness (QED) is 0.244. The molecule has 0 fully saturated rings. The largest absolute Gasteiger partial charge is 0.220 e. The number of aromatic nitrogens is 1. The van der Waals surface area contributed by atoms with Gasteiger partial charge in [-0.2, -0.15) is 4.57 Å². The van der Waals surface area contributed by atoms with Crippen molar-refractivity contribution in [2.45, 2.75) is 26.2 Å². The maximum Gasteiger partial charge on any atom is 0.220 e. The Morgan fingerprint density at radius 2 is 1.46 bits per heavy atom. The smallest absolute Gasteiger partial charge is 0.152 e. The summed E-state index contributed by atoms with van der Waals surface area (Å²) in [5.74, 6) is 0. The minimum absolute atomic E-state index is 0.759. The SMILES string of the molecule is CSC(SC)=C1CCCc2c(-c3ccccc3)cc(-c3ccccc3)[n+](-c3cc(Cl)ccc3C)c21. The van der Waals surface area contributed by atoms with Crippen molar-refractivity contribution in [1.82, 2.24) is 0 Å². The molecule has 0 saturated carbocycles. The Labute approximate surface area is 222 Å². The van der Waals surface area contributed by atoms with Gasteiger partial charge >= 0.3 is 0 Å². The molecule has 4 heteroatoms. The van der Waals surface area contributed by atoms with Crippen LogP contribution in [0.15, 0.2) is 89.2 Å². The van der Waals surface area contributed by atoms with Crippen molar-refractivity contribution in [2.75, 3.05) is 12.5 Å². The fourth-order valence-corrected chi connectivity index (χ4v) is 6.82. The Morgan fingerprint density at radius 3 is 2.11 bits per heavy atom. The number of pyridine rings is 1. The molecule has 0 amide bonds. The predicted octanol–water partition coefficient (Wildman–Crippen LogP) is 8.99. The van der Waals surface area contributed by atoms with E-state index in [0.29, 0.717) is 0 Å². The van der Waals surface area contributed by atoms with Gasteiger partial charge in [-0.25, -0.2) is 0 Å². The summed E-state index contributed by atoms with van der Waals surface area (Å²) in [6.45, 7) is 2.18. The zero-order valence-electron chi connectivity index (χ0n) is 20.3. The van der Waals surface area contributed by atoms with Crippen LogP contribution in [0.25, 0.3) is 33.6 Å². The first-order valence-corrected chi connectivity index (χ1v) is 14.8. The molecule has 4 aromatic rings. The van der Waals surface area contributed by atoms with E-state index in [4.69, 9.17) is 11.6 Å². The van der Waals surface area contributed by atoms with Crippen LogP contribution in [0.5, 0.6) is 0 Å². The summed E-state index contributed by atoms with van der Waals surface area (Å²) in [5.41, 5.74) is 11.6. The lowest BCUT2D eigenvalue weighted by atomic mass is 9.85. The predicted molar refractivity (Wildman–Crippen MR) is 155 cm³/mol. The lowest BCUT2D eigenvalue weighted by Crippen LogP contribution is -2.41. The molecule has 176 valence electrons. The van der Waals surface area contributed by atoms with E-state index in [1.807, 2.05) is 29.6 Å². The summed E-state index contributed by atoms with van der Waals surface area (Å²) in [6, 6.07) is 30.2. The van der Waals surface area contributed by atoms with Gasteiger partial charge in [-0.3, -0.25) is 0 Å². The van der Waals surface area contributed by atoms with Crippen LogP contribution in [0.1, 0.15) is 29.7 Å². The van der Waals surface area contributed by atoms with Gasteiger partial charge in [0.25, 0.3) is 0 Å². The van der Waals surface area contributed by atoms with Crippen molar-refractivity contribution < 1.29 is 4.57 Å². The van der Waals surface area contributed by atoms with Crippen molar-refractivity contribution in [1.29, 1.82) is 0 Å². The van der Waals surface area contributed by atoms with E-state index >= 15 is 0 Å². The van der Waals surface area contributed by atoms with Gasteiger partial charge in [-0.05, 0) is 68.0 Å². The van der Waals surface area contributed by atoms with Crippen LogP contribution in [-0.2, 0) is 6.42 Å². The lowest BCUT2D eigenvalue weighted by molar-refractivity contribution is -0.587. The Morgan fingerprint density at radius 1 is 0.800 bits per heavy atom. The number of hydrogen-bond acceptors (Lipinski definition) is 2. The van der Waals surface area contributed by atoms with Crippen molar-refractivity contribution >= 4 is 40.7 Å². The van der Waals surface area contributed by atoms with Gasteiger partial charge in [0.15, 0.2) is 0 Å². The normalized spacial score (nSPS) is 13.0. The molecule has 0 aliphatic heterocycles. The van der Waals surface area contributed by atoms with Crippen LogP contribution in [-0.4, -0.2) is 12.5 Å². The number of halogens is 1. The highest BCUT2D eigenvalue weighted by Gasteiger charge is 2.35. The highest BCUT2D eigenvalue weighted by molar-refractivity contribution is 8.21. The average molecular weight is 515 g/mol. The molecule has 1 nitrogen and oxygen atoms in total. The molecule has 0 unspecified atom stereocenters. The molecule has 5 rings (SSSR count).